The van der Waals surface area contributed by atoms with E-state index in [-0.39, 0.29) is 37.8 Å². The fourth-order valence-corrected chi connectivity index (χ4v) is 5.98. The van der Waals surface area contributed by atoms with E-state index in [1.807, 2.05) is 0 Å². The summed E-state index contributed by atoms with van der Waals surface area (Å²) < 4.78 is 42.8. The molecule has 2 saturated heterocycles. The normalized spacial score (nSPS) is 23.4. The first-order valence-corrected chi connectivity index (χ1v) is 12.8. The molecule has 2 heterocycles. The summed E-state index contributed by atoms with van der Waals surface area (Å²) in [5.74, 6) is -0.779. The van der Waals surface area contributed by atoms with Crippen LogP contribution in [0.3, 0.4) is 0 Å². The number of nitrogens with one attached hydrogen (secondary N) is 1. The summed E-state index contributed by atoms with van der Waals surface area (Å²) in [5.41, 5.74) is -1.01. The maximum Gasteiger partial charge on any atom is 0.452 e. The van der Waals surface area contributed by atoms with Gasteiger partial charge in [0.05, 0.1) is 11.4 Å². The Bertz CT molecular complexity index is 1470. The number of alkyl halides is 4. The number of fused-ring (bicyclic) bond motifs is 1. The van der Waals surface area contributed by atoms with Crippen molar-refractivity contribution in [1.82, 2.24) is 14.5 Å². The third-order valence-corrected chi connectivity index (χ3v) is 7.78. The number of nitrogens with zero attached hydrogens (tertiary/aromatic N) is 3. The molecule has 4 unspecified atom stereocenters. The summed E-state index contributed by atoms with van der Waals surface area (Å²) in [4.78, 5) is 27.3. The minimum Gasteiger partial charge on any atom is -0.364 e. The first kappa shape index (κ1) is 27.1. The van der Waals surface area contributed by atoms with Crippen LogP contribution in [-0.2, 0) is 11.0 Å². The summed E-state index contributed by atoms with van der Waals surface area (Å²) >= 11 is 24.8. The van der Waals surface area contributed by atoms with Gasteiger partial charge in [-0.3, -0.25) is 4.79 Å². The van der Waals surface area contributed by atoms with Crippen LogP contribution in [0.25, 0.3) is 11.1 Å². The average Bonchev–Trinajstić information content (AvgIpc) is 3.50. The largest absolute Gasteiger partial charge is 0.452 e. The van der Waals surface area contributed by atoms with E-state index in [4.69, 9.17) is 46.4 Å². The predicted molar refractivity (Wildman–Crippen MR) is 142 cm³/mol. The summed E-state index contributed by atoms with van der Waals surface area (Å²) in [5, 5.41) is 4.79. The molecule has 2 fully saturated rings. The molecule has 0 aliphatic carbocycles. The van der Waals surface area contributed by atoms with Crippen LogP contribution in [0, 0.1) is 0 Å². The zero-order valence-corrected chi connectivity index (χ0v) is 22.5. The molecule has 0 radical (unpaired) electrons. The number of benzene rings is 3. The van der Waals surface area contributed by atoms with Crippen LogP contribution in [0.5, 0.6) is 0 Å². The Hall–Kier alpha value is -2.53. The van der Waals surface area contributed by atoms with Gasteiger partial charge in [0.15, 0.2) is 5.69 Å². The van der Waals surface area contributed by atoms with Crippen LogP contribution in [0.4, 0.5) is 29.3 Å². The molecule has 0 aromatic heterocycles. The Morgan fingerprint density at radius 3 is 2.32 bits per heavy atom. The molecular formula is C25H18Cl4F3N4O2+. The SMILES string of the molecule is CN1C(=O)C2N(C(CCl)Nc3cccc(-c4ccc(Cl)cc4Cl)c3C(F)(F)F)[N+]2(c2ccccc2Cl)C1=O. The van der Waals surface area contributed by atoms with Gasteiger partial charge < -0.3 is 5.32 Å². The molecule has 198 valence electrons. The molecule has 3 aromatic carbocycles. The fraction of sp³-hybridized carbons (Fsp3) is 0.200. The van der Waals surface area contributed by atoms with E-state index in [1.165, 1.54) is 48.5 Å². The maximum absolute atomic E-state index is 14.5. The van der Waals surface area contributed by atoms with Gasteiger partial charge >= 0.3 is 24.3 Å². The summed E-state index contributed by atoms with van der Waals surface area (Å²) in [6.07, 6.45) is -6.89. The Morgan fingerprint density at radius 1 is 0.974 bits per heavy atom. The second-order valence-corrected chi connectivity index (χ2v) is 10.3. The second-order valence-electron chi connectivity index (χ2n) is 8.73. The highest BCUT2D eigenvalue weighted by Gasteiger charge is 2.85. The highest BCUT2D eigenvalue weighted by Crippen LogP contribution is 2.54. The number of hydrogen-bond acceptors (Lipinski definition) is 4. The Morgan fingerprint density at radius 2 is 1.68 bits per heavy atom. The number of para-hydroxylation sites is 1. The van der Waals surface area contributed by atoms with Gasteiger partial charge in [-0.2, -0.15) is 13.2 Å². The van der Waals surface area contributed by atoms with E-state index < -0.39 is 40.6 Å². The van der Waals surface area contributed by atoms with Crippen molar-refractivity contribution >= 4 is 69.7 Å². The van der Waals surface area contributed by atoms with Crippen LogP contribution in [0.15, 0.2) is 60.7 Å². The Labute approximate surface area is 235 Å². The number of hydrogen-bond donors (Lipinski definition) is 1. The van der Waals surface area contributed by atoms with Gasteiger partial charge in [0.1, 0.15) is 11.2 Å². The van der Waals surface area contributed by atoms with Gasteiger partial charge in [-0.05, 0) is 34.8 Å². The molecule has 0 saturated carbocycles. The summed E-state index contributed by atoms with van der Waals surface area (Å²) in [7, 11) is 1.34. The number of carbonyl (C=O) groups excluding carboxylic acids is 2. The van der Waals surface area contributed by atoms with Crippen LogP contribution in [-0.4, -0.2) is 47.1 Å². The Kier molecular flexibility index (Phi) is 6.82. The van der Waals surface area contributed by atoms with Gasteiger partial charge in [-0.25, -0.2) is 9.69 Å². The lowest BCUT2D eigenvalue weighted by Gasteiger charge is -2.25. The number of likely N-dealkylation sites (N-methyl/N-ethyl adjacent to an activating group) is 1. The van der Waals surface area contributed by atoms with Crippen molar-refractivity contribution in [2.24, 2.45) is 0 Å². The van der Waals surface area contributed by atoms with Crippen molar-refractivity contribution < 1.29 is 22.8 Å². The number of urea groups is 1. The third kappa shape index (κ3) is 4.04. The fourth-order valence-electron chi connectivity index (χ4n) is 4.99. The highest BCUT2D eigenvalue weighted by molar-refractivity contribution is 6.36. The molecule has 6 nitrogen and oxygen atoms in total. The minimum absolute atomic E-state index is 0.0445. The molecule has 4 atom stereocenters. The summed E-state index contributed by atoms with van der Waals surface area (Å²) in [6, 6.07) is 14.1. The number of carbonyl (C=O) groups is 2. The monoisotopic (exact) mass is 603 g/mol. The maximum atomic E-state index is 14.5. The number of quaternary nitrogens is 1. The quantitative estimate of drug-likeness (QED) is 0.137. The number of halogens is 7. The number of anilines is 1. The van der Waals surface area contributed by atoms with Crippen molar-refractivity contribution in [3.63, 3.8) is 0 Å². The van der Waals surface area contributed by atoms with E-state index in [2.05, 4.69) is 5.32 Å². The lowest BCUT2D eigenvalue weighted by atomic mass is 9.97. The highest BCUT2D eigenvalue weighted by atomic mass is 35.5. The van der Waals surface area contributed by atoms with Gasteiger partial charge in [-0.1, -0.05) is 69.7 Å². The molecular weight excluding hydrogens is 587 g/mol. The average molecular weight is 605 g/mol. The molecule has 3 amide bonds. The van der Waals surface area contributed by atoms with E-state index in [1.54, 1.807) is 24.3 Å². The van der Waals surface area contributed by atoms with Crippen molar-refractivity contribution in [3.05, 3.63) is 81.3 Å². The molecule has 5 rings (SSSR count). The minimum atomic E-state index is -4.80. The standard InChI is InChI=1S/C25H18Cl4F3N4O2/c1-34-23(37)22-35(36(22,24(34)38)19-8-3-2-6-16(19)28)20(12-26)33-18-7-4-5-15(21(18)25(30,31)32)14-10-9-13(27)11-17(14)29/h2-11,20,22,33H,12H2,1H3/q+1. The van der Waals surface area contributed by atoms with Crippen LogP contribution in [0.1, 0.15) is 5.56 Å². The molecule has 38 heavy (non-hydrogen) atoms. The molecule has 2 aliphatic rings. The van der Waals surface area contributed by atoms with E-state index in [0.717, 1.165) is 4.90 Å². The first-order valence-electron chi connectivity index (χ1n) is 11.2. The van der Waals surface area contributed by atoms with Crippen LogP contribution >= 0.6 is 46.4 Å². The van der Waals surface area contributed by atoms with Gasteiger partial charge in [0.2, 0.25) is 0 Å². The molecule has 3 aromatic rings. The van der Waals surface area contributed by atoms with Crippen molar-refractivity contribution in [3.8, 4) is 11.1 Å². The molecule has 0 spiro atoms. The van der Waals surface area contributed by atoms with E-state index in [9.17, 15) is 22.8 Å². The third-order valence-electron chi connectivity index (χ3n) is 6.62. The number of rotatable bonds is 6. The molecule has 0 bridgehead atoms. The predicted octanol–water partition coefficient (Wildman–Crippen LogP) is 7.47. The number of imide groups is 1. The van der Waals surface area contributed by atoms with Gasteiger partial charge in [0, 0.05) is 34.4 Å². The van der Waals surface area contributed by atoms with E-state index >= 15 is 0 Å². The Balaban J connectivity index is 1.60. The lowest BCUT2D eigenvalue weighted by molar-refractivity contribution is -0.136. The van der Waals surface area contributed by atoms with Crippen molar-refractivity contribution in [2.45, 2.75) is 18.5 Å². The first-order chi connectivity index (χ1) is 17.9. The zero-order valence-electron chi connectivity index (χ0n) is 19.4. The van der Waals surface area contributed by atoms with Crippen molar-refractivity contribution in [2.75, 3.05) is 18.2 Å². The molecule has 13 heteroatoms. The number of amides is 3. The van der Waals surface area contributed by atoms with Gasteiger partial charge in [0.25, 0.3) is 0 Å². The van der Waals surface area contributed by atoms with E-state index in [0.29, 0.717) is 5.69 Å². The molecule has 1 N–H and O–H groups in total. The topological polar surface area (TPSA) is 52.4 Å². The second kappa shape index (κ2) is 9.59. The van der Waals surface area contributed by atoms with Gasteiger partial charge in [-0.15, -0.1) is 11.6 Å². The van der Waals surface area contributed by atoms with Crippen LogP contribution in [0.2, 0.25) is 15.1 Å². The summed E-state index contributed by atoms with van der Waals surface area (Å²) in [6.45, 7) is 0. The van der Waals surface area contributed by atoms with Crippen molar-refractivity contribution in [1.29, 1.82) is 0 Å². The smallest absolute Gasteiger partial charge is 0.364 e. The zero-order chi connectivity index (χ0) is 27.6. The van der Waals surface area contributed by atoms with Crippen LogP contribution < -0.4 is 9.91 Å². The lowest BCUT2D eigenvalue weighted by Crippen LogP contribution is -2.49. The molecule has 2 aliphatic heterocycles.